The van der Waals surface area contributed by atoms with E-state index in [-0.39, 0.29) is 11.8 Å². The molecule has 0 bridgehead atoms. The number of carbonyl (C=O) groups excluding carboxylic acids is 2. The van der Waals surface area contributed by atoms with Crippen LogP contribution in [0, 0.1) is 0 Å². The second-order valence-corrected chi connectivity index (χ2v) is 4.60. The lowest BCUT2D eigenvalue weighted by Gasteiger charge is -2.32. The highest BCUT2D eigenvalue weighted by Gasteiger charge is 2.29. The topological polar surface area (TPSA) is 78.1 Å². The Morgan fingerprint density at radius 1 is 1.47 bits per heavy atom. The minimum Gasteiger partial charge on any atom is -0.353 e. The van der Waals surface area contributed by atoms with Crippen molar-refractivity contribution in [2.75, 3.05) is 13.1 Å². The lowest BCUT2D eigenvalue weighted by Crippen LogP contribution is -2.55. The fraction of sp³-hybridized carbons (Fsp3) is 0.308. The number of benzene rings is 1. The van der Waals surface area contributed by atoms with E-state index in [0.29, 0.717) is 18.7 Å². The van der Waals surface area contributed by atoms with Crippen LogP contribution in [-0.2, 0) is 4.79 Å². The quantitative estimate of drug-likeness (QED) is 0.783. The second kappa shape index (κ2) is 4.38. The number of hydrogen-bond donors (Lipinski definition) is 2. The molecule has 1 aliphatic heterocycles. The lowest BCUT2D eigenvalue weighted by atomic mass is 10.1. The molecule has 0 radical (unpaired) electrons. The van der Waals surface area contributed by atoms with Crippen LogP contribution in [0.15, 0.2) is 24.5 Å². The van der Waals surface area contributed by atoms with Gasteiger partial charge in [0.1, 0.15) is 6.04 Å². The molecule has 6 nitrogen and oxygen atoms in total. The number of piperazine rings is 1. The number of amides is 2. The molecule has 1 atom stereocenters. The van der Waals surface area contributed by atoms with Crippen molar-refractivity contribution >= 4 is 22.8 Å². The first-order chi connectivity index (χ1) is 9.16. The summed E-state index contributed by atoms with van der Waals surface area (Å²) in [5, 5.41) is 2.74. The smallest absolute Gasteiger partial charge is 0.254 e. The van der Waals surface area contributed by atoms with Gasteiger partial charge in [-0.05, 0) is 25.1 Å². The molecular formula is C13H14N4O2. The molecule has 0 spiro atoms. The first-order valence-corrected chi connectivity index (χ1v) is 6.18. The summed E-state index contributed by atoms with van der Waals surface area (Å²) >= 11 is 0. The summed E-state index contributed by atoms with van der Waals surface area (Å²) < 4.78 is 0. The van der Waals surface area contributed by atoms with E-state index >= 15 is 0 Å². The molecule has 3 rings (SSSR count). The molecule has 1 fully saturated rings. The number of H-pyrrole nitrogens is 1. The summed E-state index contributed by atoms with van der Waals surface area (Å²) in [4.78, 5) is 32.7. The van der Waals surface area contributed by atoms with Gasteiger partial charge in [0, 0.05) is 18.7 Å². The molecule has 0 aliphatic carbocycles. The number of carbonyl (C=O) groups is 2. The average molecular weight is 258 g/mol. The average Bonchev–Trinajstić information content (AvgIpc) is 2.88. The number of nitrogens with one attached hydrogen (secondary N) is 2. The van der Waals surface area contributed by atoms with E-state index in [1.807, 2.05) is 0 Å². The number of imidazole rings is 1. The Balaban J connectivity index is 1.92. The summed E-state index contributed by atoms with van der Waals surface area (Å²) in [6, 6.07) is 4.88. The fourth-order valence-electron chi connectivity index (χ4n) is 2.29. The zero-order valence-corrected chi connectivity index (χ0v) is 10.5. The number of nitrogens with zero attached hydrogens (tertiary/aromatic N) is 2. The zero-order valence-electron chi connectivity index (χ0n) is 10.5. The van der Waals surface area contributed by atoms with Crippen molar-refractivity contribution in [1.29, 1.82) is 0 Å². The van der Waals surface area contributed by atoms with Gasteiger partial charge in [0.25, 0.3) is 5.91 Å². The standard InChI is InChI=1S/C13H14N4O2/c1-8-12(18)14-4-5-17(8)13(19)9-2-3-10-11(6-9)16-7-15-10/h2-3,6-8H,4-5H2,1H3,(H,14,18)(H,15,16). The number of hydrogen-bond acceptors (Lipinski definition) is 3. The van der Waals surface area contributed by atoms with Crippen LogP contribution in [0.3, 0.4) is 0 Å². The van der Waals surface area contributed by atoms with E-state index in [1.165, 1.54) is 0 Å². The van der Waals surface area contributed by atoms with E-state index in [0.717, 1.165) is 11.0 Å². The molecule has 1 aromatic carbocycles. The molecular weight excluding hydrogens is 244 g/mol. The van der Waals surface area contributed by atoms with Gasteiger partial charge in [-0.25, -0.2) is 4.98 Å². The Hall–Kier alpha value is -2.37. The second-order valence-electron chi connectivity index (χ2n) is 4.60. The van der Waals surface area contributed by atoms with Gasteiger partial charge in [0.2, 0.25) is 5.91 Å². The summed E-state index contributed by atoms with van der Waals surface area (Å²) in [6.45, 7) is 2.77. The van der Waals surface area contributed by atoms with Crippen LogP contribution in [0.2, 0.25) is 0 Å². The first-order valence-electron chi connectivity index (χ1n) is 6.18. The van der Waals surface area contributed by atoms with Gasteiger partial charge in [-0.15, -0.1) is 0 Å². The molecule has 1 saturated heterocycles. The highest BCUT2D eigenvalue weighted by atomic mass is 16.2. The van der Waals surface area contributed by atoms with Crippen LogP contribution in [0.25, 0.3) is 11.0 Å². The maximum atomic E-state index is 12.4. The number of fused-ring (bicyclic) bond motifs is 1. The van der Waals surface area contributed by atoms with Gasteiger partial charge in [0.15, 0.2) is 0 Å². The SMILES string of the molecule is CC1C(=O)NCCN1C(=O)c1ccc2nc[nH]c2c1. The predicted octanol–water partition coefficient (Wildman–Crippen LogP) is 0.523. The molecule has 1 aliphatic rings. The molecule has 0 saturated carbocycles. The molecule has 1 unspecified atom stereocenters. The van der Waals surface area contributed by atoms with Gasteiger partial charge in [-0.3, -0.25) is 9.59 Å². The van der Waals surface area contributed by atoms with Crippen molar-refractivity contribution in [3.05, 3.63) is 30.1 Å². The minimum atomic E-state index is -0.432. The van der Waals surface area contributed by atoms with Crippen LogP contribution >= 0.6 is 0 Å². The highest BCUT2D eigenvalue weighted by molar-refractivity contribution is 6.00. The number of aromatic amines is 1. The minimum absolute atomic E-state index is 0.109. The molecule has 2 heterocycles. The molecule has 2 amide bonds. The van der Waals surface area contributed by atoms with E-state index in [9.17, 15) is 9.59 Å². The summed E-state index contributed by atoms with van der Waals surface area (Å²) in [5.74, 6) is -0.235. The predicted molar refractivity (Wildman–Crippen MR) is 69.6 cm³/mol. The fourth-order valence-corrected chi connectivity index (χ4v) is 2.29. The number of aromatic nitrogens is 2. The largest absolute Gasteiger partial charge is 0.353 e. The summed E-state index contributed by atoms with van der Waals surface area (Å²) in [5.41, 5.74) is 2.21. The molecule has 2 N–H and O–H groups in total. The number of rotatable bonds is 1. The molecule has 19 heavy (non-hydrogen) atoms. The van der Waals surface area contributed by atoms with E-state index < -0.39 is 6.04 Å². The normalized spacial score (nSPS) is 19.5. The van der Waals surface area contributed by atoms with Crippen molar-refractivity contribution in [2.24, 2.45) is 0 Å². The molecule has 98 valence electrons. The van der Waals surface area contributed by atoms with Crippen molar-refractivity contribution in [3.63, 3.8) is 0 Å². The third-order valence-electron chi connectivity index (χ3n) is 3.43. The van der Waals surface area contributed by atoms with Crippen LogP contribution in [0.5, 0.6) is 0 Å². The Kier molecular flexibility index (Phi) is 2.70. The third kappa shape index (κ3) is 1.95. The Morgan fingerprint density at radius 2 is 2.32 bits per heavy atom. The lowest BCUT2D eigenvalue weighted by molar-refractivity contribution is -0.127. The first kappa shape index (κ1) is 11.7. The Bertz CT molecular complexity index is 649. The van der Waals surface area contributed by atoms with Crippen molar-refractivity contribution in [1.82, 2.24) is 20.2 Å². The van der Waals surface area contributed by atoms with Crippen LogP contribution in [-0.4, -0.2) is 45.8 Å². The zero-order chi connectivity index (χ0) is 13.4. The van der Waals surface area contributed by atoms with Gasteiger partial charge in [-0.1, -0.05) is 0 Å². The van der Waals surface area contributed by atoms with Crippen LogP contribution in [0.4, 0.5) is 0 Å². The summed E-state index contributed by atoms with van der Waals surface area (Å²) in [6.07, 6.45) is 1.59. The van der Waals surface area contributed by atoms with E-state index in [1.54, 1.807) is 36.4 Å². The van der Waals surface area contributed by atoms with Crippen LogP contribution in [0.1, 0.15) is 17.3 Å². The van der Waals surface area contributed by atoms with Crippen molar-refractivity contribution in [2.45, 2.75) is 13.0 Å². The summed E-state index contributed by atoms with van der Waals surface area (Å²) in [7, 11) is 0. The molecule has 1 aromatic heterocycles. The maximum Gasteiger partial charge on any atom is 0.254 e. The molecule has 2 aromatic rings. The Morgan fingerprint density at radius 3 is 3.16 bits per heavy atom. The van der Waals surface area contributed by atoms with E-state index in [4.69, 9.17) is 0 Å². The van der Waals surface area contributed by atoms with Gasteiger partial charge in [-0.2, -0.15) is 0 Å². The van der Waals surface area contributed by atoms with Crippen molar-refractivity contribution in [3.8, 4) is 0 Å². The monoisotopic (exact) mass is 258 g/mol. The van der Waals surface area contributed by atoms with Gasteiger partial charge < -0.3 is 15.2 Å². The van der Waals surface area contributed by atoms with E-state index in [2.05, 4.69) is 15.3 Å². The Labute approximate surface area is 109 Å². The highest BCUT2D eigenvalue weighted by Crippen LogP contribution is 2.15. The van der Waals surface area contributed by atoms with Gasteiger partial charge in [0.05, 0.1) is 17.4 Å². The molecule has 6 heteroatoms. The van der Waals surface area contributed by atoms with Gasteiger partial charge >= 0.3 is 0 Å². The maximum absolute atomic E-state index is 12.4. The van der Waals surface area contributed by atoms with Crippen LogP contribution < -0.4 is 5.32 Å². The third-order valence-corrected chi connectivity index (χ3v) is 3.43. The van der Waals surface area contributed by atoms with Crippen molar-refractivity contribution < 1.29 is 9.59 Å².